The molecule has 1 unspecified atom stereocenters. The van der Waals surface area contributed by atoms with E-state index in [0.29, 0.717) is 0 Å². The normalized spacial score (nSPS) is 15.9. The van der Waals surface area contributed by atoms with Gasteiger partial charge in [-0.25, -0.2) is 0 Å². The largest absolute Gasteiger partial charge is 0.416 e. The van der Waals surface area contributed by atoms with E-state index in [-0.39, 0.29) is 51.3 Å². The van der Waals surface area contributed by atoms with Crippen LogP contribution in [0.1, 0.15) is 47.4 Å². The Balaban J connectivity index is 1.89. The Morgan fingerprint density at radius 1 is 1.00 bits per heavy atom. The second kappa shape index (κ2) is 9.48. The number of hydrogen-bond acceptors (Lipinski definition) is 1. The van der Waals surface area contributed by atoms with Crippen LogP contribution in [0, 0.1) is 5.92 Å². The summed E-state index contributed by atoms with van der Waals surface area (Å²) in [5, 5.41) is 0.0270. The smallest absolute Gasteiger partial charge is 0.299 e. The summed E-state index contributed by atoms with van der Waals surface area (Å²) in [7, 11) is 0. The highest BCUT2D eigenvalue weighted by molar-refractivity contribution is 6.34. The first-order valence-corrected chi connectivity index (χ1v) is 10.5. The number of alkyl halides is 6. The van der Waals surface area contributed by atoms with E-state index in [9.17, 15) is 31.1 Å². The molecule has 9 heteroatoms. The molecule has 0 bridgehead atoms. The molecule has 1 aliphatic rings. The zero-order valence-electron chi connectivity index (χ0n) is 16.5. The number of halogens is 8. The van der Waals surface area contributed by atoms with Gasteiger partial charge in [0.05, 0.1) is 11.5 Å². The summed E-state index contributed by atoms with van der Waals surface area (Å²) in [5.41, 5.74) is -1.29. The van der Waals surface area contributed by atoms with Gasteiger partial charge < -0.3 is 0 Å². The third-order valence-corrected chi connectivity index (χ3v) is 5.63. The Hall–Kier alpha value is -1.99. The molecule has 0 spiro atoms. The van der Waals surface area contributed by atoms with E-state index >= 15 is 0 Å². The summed E-state index contributed by atoms with van der Waals surface area (Å²) in [5.74, 6) is -2.22. The Labute approximate surface area is 191 Å². The number of hydrogen-bond donors (Lipinski definition) is 0. The van der Waals surface area contributed by atoms with Gasteiger partial charge in [0.2, 0.25) is 0 Å². The topological polar surface area (TPSA) is 17.1 Å². The average molecular weight is 495 g/mol. The van der Waals surface area contributed by atoms with Crippen LogP contribution in [0.15, 0.2) is 42.5 Å². The zero-order valence-corrected chi connectivity index (χ0v) is 18.0. The van der Waals surface area contributed by atoms with Crippen molar-refractivity contribution in [2.45, 2.75) is 44.0 Å². The number of rotatable bonds is 7. The van der Waals surface area contributed by atoms with Crippen LogP contribution in [0.4, 0.5) is 26.3 Å². The molecule has 1 aliphatic carbocycles. The van der Waals surface area contributed by atoms with E-state index in [0.717, 1.165) is 43.2 Å². The van der Waals surface area contributed by atoms with Crippen LogP contribution in [-0.4, -0.2) is 12.0 Å². The summed E-state index contributed by atoms with van der Waals surface area (Å²) < 4.78 is 81.4. The van der Waals surface area contributed by atoms with Gasteiger partial charge in [0.25, 0.3) is 0 Å². The van der Waals surface area contributed by atoms with Crippen LogP contribution in [0.5, 0.6) is 0 Å². The summed E-state index contributed by atoms with van der Waals surface area (Å²) in [6.45, 7) is 0. The number of benzene rings is 2. The molecule has 3 rings (SSSR count). The zero-order chi connectivity index (χ0) is 23.7. The van der Waals surface area contributed by atoms with Crippen molar-refractivity contribution >= 4 is 35.1 Å². The number of carbonyl (C=O) groups is 1. The van der Waals surface area contributed by atoms with Crippen molar-refractivity contribution in [2.24, 2.45) is 5.92 Å². The highest BCUT2D eigenvalue weighted by atomic mass is 35.5. The maximum Gasteiger partial charge on any atom is 0.416 e. The van der Waals surface area contributed by atoms with Crippen molar-refractivity contribution in [3.8, 4) is 0 Å². The van der Waals surface area contributed by atoms with Crippen molar-refractivity contribution in [3.05, 3.63) is 74.8 Å². The number of allylic oxidation sites excluding steroid dienone is 1. The van der Waals surface area contributed by atoms with Crippen LogP contribution >= 0.6 is 23.2 Å². The number of aryl methyl sites for hydroxylation is 1. The van der Waals surface area contributed by atoms with Gasteiger partial charge in [-0.05, 0) is 60.2 Å². The molecule has 172 valence electrons. The van der Waals surface area contributed by atoms with Crippen molar-refractivity contribution in [3.63, 3.8) is 0 Å². The fourth-order valence-corrected chi connectivity index (χ4v) is 3.96. The molecule has 1 saturated carbocycles. The Kier molecular flexibility index (Phi) is 7.30. The third-order valence-electron chi connectivity index (χ3n) is 5.19. The second-order valence-corrected chi connectivity index (χ2v) is 8.61. The van der Waals surface area contributed by atoms with Crippen LogP contribution < -0.4 is 0 Å². The highest BCUT2D eigenvalue weighted by Gasteiger charge is 2.39. The molecule has 0 amide bonds. The lowest BCUT2D eigenvalue weighted by Gasteiger charge is -2.18. The molecular formula is C23H18Cl2F6O. The summed E-state index contributed by atoms with van der Waals surface area (Å²) >= 11 is 11.6. The Bertz CT molecular complexity index is 1000. The standard InChI is InChI=1S/C23H18Cl2F6O/c24-17-10-16(11-18(25)12-17)19(22(26,27)28)7-2-13-1-3-14(20(9-13)23(29,30)31)6-8-21(32)15-4-5-15/h1-3,7,9-12,15,19H,4-6,8H2/b7-2+. The number of carbonyl (C=O) groups excluding carboxylic acids is 1. The molecule has 1 nitrogen and oxygen atoms in total. The van der Waals surface area contributed by atoms with Gasteiger partial charge in [-0.1, -0.05) is 47.5 Å². The van der Waals surface area contributed by atoms with E-state index < -0.39 is 23.8 Å². The van der Waals surface area contributed by atoms with Gasteiger partial charge in [-0.15, -0.1) is 0 Å². The van der Waals surface area contributed by atoms with Gasteiger partial charge in [0, 0.05) is 22.4 Å². The molecule has 0 saturated heterocycles. The van der Waals surface area contributed by atoms with Crippen LogP contribution in [0.2, 0.25) is 10.0 Å². The summed E-state index contributed by atoms with van der Waals surface area (Å²) in [6.07, 6.45) is -6.17. The molecular weight excluding hydrogens is 477 g/mol. The van der Waals surface area contributed by atoms with Gasteiger partial charge >= 0.3 is 12.4 Å². The number of ketones is 1. The highest BCUT2D eigenvalue weighted by Crippen LogP contribution is 2.39. The molecule has 32 heavy (non-hydrogen) atoms. The van der Waals surface area contributed by atoms with Gasteiger partial charge in [-0.3, -0.25) is 4.79 Å². The average Bonchev–Trinajstić information content (AvgIpc) is 3.49. The minimum atomic E-state index is -4.71. The molecule has 0 heterocycles. The van der Waals surface area contributed by atoms with Gasteiger partial charge in [-0.2, -0.15) is 26.3 Å². The van der Waals surface area contributed by atoms with E-state index in [2.05, 4.69) is 0 Å². The number of Topliss-reactive ketones (excluding diaryl/α,β-unsaturated/α-hetero) is 1. The molecule has 0 radical (unpaired) electrons. The Morgan fingerprint density at radius 3 is 2.16 bits per heavy atom. The van der Waals surface area contributed by atoms with Gasteiger partial charge in [0.15, 0.2) is 0 Å². The first-order chi connectivity index (χ1) is 14.8. The Morgan fingerprint density at radius 2 is 1.62 bits per heavy atom. The molecule has 1 fully saturated rings. The summed E-state index contributed by atoms with van der Waals surface area (Å²) in [6, 6.07) is 6.81. The molecule has 0 aromatic heterocycles. The van der Waals surface area contributed by atoms with E-state index in [4.69, 9.17) is 23.2 Å². The first-order valence-electron chi connectivity index (χ1n) is 9.78. The van der Waals surface area contributed by atoms with Crippen molar-refractivity contribution in [2.75, 3.05) is 0 Å². The molecule has 1 atom stereocenters. The van der Waals surface area contributed by atoms with Crippen molar-refractivity contribution in [1.82, 2.24) is 0 Å². The maximum atomic E-state index is 13.6. The third kappa shape index (κ3) is 6.51. The molecule has 2 aromatic carbocycles. The van der Waals surface area contributed by atoms with Crippen LogP contribution in [0.25, 0.3) is 6.08 Å². The quantitative estimate of drug-likeness (QED) is 0.354. The van der Waals surface area contributed by atoms with E-state index in [1.807, 2.05) is 0 Å². The van der Waals surface area contributed by atoms with Gasteiger partial charge in [0.1, 0.15) is 5.78 Å². The fourth-order valence-electron chi connectivity index (χ4n) is 3.42. The van der Waals surface area contributed by atoms with Crippen LogP contribution in [0.3, 0.4) is 0 Å². The summed E-state index contributed by atoms with van der Waals surface area (Å²) in [4.78, 5) is 11.8. The lowest BCUT2D eigenvalue weighted by Crippen LogP contribution is -2.19. The molecule has 0 aliphatic heterocycles. The van der Waals surface area contributed by atoms with E-state index in [1.54, 1.807) is 0 Å². The lowest BCUT2D eigenvalue weighted by molar-refractivity contribution is -0.140. The monoisotopic (exact) mass is 494 g/mol. The second-order valence-electron chi connectivity index (χ2n) is 7.74. The SMILES string of the molecule is O=C(CCc1ccc(/C=C/C(c2cc(Cl)cc(Cl)c2)C(F)(F)F)cc1C(F)(F)F)C1CC1. The predicted octanol–water partition coefficient (Wildman–Crippen LogP) is 8.28. The molecule has 2 aromatic rings. The fraction of sp³-hybridized carbons (Fsp3) is 0.348. The predicted molar refractivity (Wildman–Crippen MR) is 112 cm³/mol. The minimum absolute atomic E-state index is 0.00854. The minimum Gasteiger partial charge on any atom is -0.299 e. The van der Waals surface area contributed by atoms with Crippen LogP contribution in [-0.2, 0) is 17.4 Å². The van der Waals surface area contributed by atoms with Crippen molar-refractivity contribution in [1.29, 1.82) is 0 Å². The first kappa shape index (κ1) is 24.6. The maximum absolute atomic E-state index is 13.6. The lowest BCUT2D eigenvalue weighted by atomic mass is 9.95. The molecule has 0 N–H and O–H groups in total. The van der Waals surface area contributed by atoms with E-state index in [1.165, 1.54) is 18.2 Å². The van der Waals surface area contributed by atoms with Crippen molar-refractivity contribution < 1.29 is 31.1 Å².